The van der Waals surface area contributed by atoms with Gasteiger partial charge in [-0.05, 0) is 73.9 Å². The summed E-state index contributed by atoms with van der Waals surface area (Å²) in [7, 11) is 0. The molecule has 196 valence electrons. The molecule has 1 aliphatic heterocycles. The number of hydrogen-bond acceptors (Lipinski definition) is 2. The first-order valence-corrected chi connectivity index (χ1v) is 13.1. The zero-order valence-corrected chi connectivity index (χ0v) is 23.0. The van der Waals surface area contributed by atoms with E-state index in [1.807, 2.05) is 58.6 Å². The van der Waals surface area contributed by atoms with Gasteiger partial charge in [0.05, 0.1) is 0 Å². The second kappa shape index (κ2) is 15.7. The standard InChI is InChI=1S/C27H31FN2O2.2C2H6/c1-5-20(6-2)21-9-11-22(12-10-21)23-13-15-30(16-14-23)27(32)24-8-7-18(3)25(17-24)29-26(31)19(4)28;2*1-2/h5-12,17,19,23H,1,13-16H2,2-4H3,(H,29,31);2*1-2H3/b20-6+;;. The van der Waals surface area contributed by atoms with E-state index in [9.17, 15) is 14.0 Å². The van der Waals surface area contributed by atoms with Crippen molar-refractivity contribution >= 4 is 23.1 Å². The number of halogens is 1. The maximum atomic E-state index is 13.2. The molecule has 0 bridgehead atoms. The molecular weight excluding hydrogens is 451 g/mol. The Bertz CT molecular complexity index is 1020. The lowest BCUT2D eigenvalue weighted by molar-refractivity contribution is -0.120. The summed E-state index contributed by atoms with van der Waals surface area (Å²) >= 11 is 0. The molecule has 1 saturated heterocycles. The van der Waals surface area contributed by atoms with Crippen LogP contribution in [0.15, 0.2) is 61.2 Å². The first kappa shape index (κ1) is 30.8. The number of likely N-dealkylation sites (tertiary alicyclic amines) is 1. The number of benzene rings is 2. The first-order valence-electron chi connectivity index (χ1n) is 13.1. The SMILES string of the molecule is C=C/C(=C\C)c1ccc(C2CCN(C(=O)c3ccc(C)c(NC(=O)C(C)F)c3)CC2)cc1.CC.CC. The molecule has 4 nitrogen and oxygen atoms in total. The molecular formula is C31H43FN2O2. The number of nitrogens with one attached hydrogen (secondary N) is 1. The number of anilines is 1. The van der Waals surface area contributed by atoms with Crippen LogP contribution in [0.4, 0.5) is 10.1 Å². The van der Waals surface area contributed by atoms with Crippen molar-refractivity contribution in [2.45, 2.75) is 73.4 Å². The van der Waals surface area contributed by atoms with E-state index in [1.165, 1.54) is 12.5 Å². The van der Waals surface area contributed by atoms with Crippen LogP contribution in [-0.2, 0) is 4.79 Å². The molecule has 2 aromatic carbocycles. The molecule has 3 rings (SSSR count). The lowest BCUT2D eigenvalue weighted by atomic mass is 9.88. The fraction of sp³-hybridized carbons (Fsp3) is 0.419. The van der Waals surface area contributed by atoms with Crippen LogP contribution in [0, 0.1) is 6.92 Å². The van der Waals surface area contributed by atoms with Gasteiger partial charge < -0.3 is 10.2 Å². The summed E-state index contributed by atoms with van der Waals surface area (Å²) in [6.45, 7) is 18.2. The molecule has 1 fully saturated rings. The van der Waals surface area contributed by atoms with Gasteiger partial charge in [-0.2, -0.15) is 0 Å². The zero-order valence-electron chi connectivity index (χ0n) is 23.0. The Morgan fingerprint density at radius 2 is 1.58 bits per heavy atom. The molecule has 0 saturated carbocycles. The molecule has 1 unspecified atom stereocenters. The van der Waals surface area contributed by atoms with E-state index in [0.29, 0.717) is 30.3 Å². The topological polar surface area (TPSA) is 49.4 Å². The zero-order chi connectivity index (χ0) is 27.3. The summed E-state index contributed by atoms with van der Waals surface area (Å²) in [5.74, 6) is -0.352. The number of carbonyl (C=O) groups excluding carboxylic acids is 2. The number of aryl methyl sites for hydroxylation is 1. The van der Waals surface area contributed by atoms with Gasteiger partial charge in [-0.3, -0.25) is 9.59 Å². The Kier molecular flexibility index (Phi) is 13.5. The Labute approximate surface area is 217 Å². The molecule has 1 aliphatic rings. The highest BCUT2D eigenvalue weighted by Gasteiger charge is 2.25. The van der Waals surface area contributed by atoms with E-state index in [2.05, 4.69) is 36.2 Å². The third-order valence-corrected chi connectivity index (χ3v) is 6.13. The van der Waals surface area contributed by atoms with Crippen molar-refractivity contribution in [2.75, 3.05) is 18.4 Å². The van der Waals surface area contributed by atoms with E-state index in [-0.39, 0.29) is 5.91 Å². The van der Waals surface area contributed by atoms with Crippen molar-refractivity contribution in [1.29, 1.82) is 0 Å². The van der Waals surface area contributed by atoms with Crippen LogP contribution in [0.1, 0.15) is 87.4 Å². The van der Waals surface area contributed by atoms with Crippen LogP contribution in [0.3, 0.4) is 0 Å². The monoisotopic (exact) mass is 494 g/mol. The fourth-order valence-electron chi connectivity index (χ4n) is 4.07. The van der Waals surface area contributed by atoms with Crippen LogP contribution in [-0.4, -0.2) is 36.0 Å². The molecule has 1 N–H and O–H groups in total. The van der Waals surface area contributed by atoms with Crippen molar-refractivity contribution in [3.63, 3.8) is 0 Å². The van der Waals surface area contributed by atoms with Gasteiger partial charge in [0.15, 0.2) is 6.17 Å². The smallest absolute Gasteiger partial charge is 0.258 e. The van der Waals surface area contributed by atoms with Crippen LogP contribution >= 0.6 is 0 Å². The van der Waals surface area contributed by atoms with Gasteiger partial charge in [0.25, 0.3) is 11.8 Å². The molecule has 36 heavy (non-hydrogen) atoms. The van der Waals surface area contributed by atoms with Crippen LogP contribution < -0.4 is 5.32 Å². The molecule has 1 heterocycles. The Hall–Kier alpha value is -3.21. The highest BCUT2D eigenvalue weighted by Crippen LogP contribution is 2.30. The van der Waals surface area contributed by atoms with Crippen molar-refractivity contribution in [1.82, 2.24) is 4.90 Å². The van der Waals surface area contributed by atoms with Gasteiger partial charge >= 0.3 is 0 Å². The summed E-state index contributed by atoms with van der Waals surface area (Å²) < 4.78 is 13.2. The average Bonchev–Trinajstić information content (AvgIpc) is 2.93. The Morgan fingerprint density at radius 1 is 1.03 bits per heavy atom. The van der Waals surface area contributed by atoms with Gasteiger partial charge in [-0.25, -0.2) is 4.39 Å². The van der Waals surface area contributed by atoms with E-state index >= 15 is 0 Å². The average molecular weight is 495 g/mol. The van der Waals surface area contributed by atoms with Gasteiger partial charge in [0, 0.05) is 24.3 Å². The van der Waals surface area contributed by atoms with Crippen LogP contribution in [0.5, 0.6) is 0 Å². The maximum Gasteiger partial charge on any atom is 0.258 e. The van der Waals surface area contributed by atoms with Gasteiger partial charge in [0.1, 0.15) is 0 Å². The number of carbonyl (C=O) groups is 2. The van der Waals surface area contributed by atoms with Crippen molar-refractivity contribution in [3.05, 3.63) is 83.4 Å². The predicted octanol–water partition coefficient (Wildman–Crippen LogP) is 7.95. The van der Waals surface area contributed by atoms with E-state index < -0.39 is 12.1 Å². The maximum absolute atomic E-state index is 13.2. The second-order valence-corrected chi connectivity index (χ2v) is 8.27. The first-order chi connectivity index (χ1) is 17.3. The van der Waals surface area contributed by atoms with Crippen molar-refractivity contribution in [3.8, 4) is 0 Å². The van der Waals surface area contributed by atoms with E-state index in [1.54, 1.807) is 18.2 Å². The Morgan fingerprint density at radius 3 is 2.08 bits per heavy atom. The number of nitrogens with zero attached hydrogens (tertiary/aromatic N) is 1. The molecule has 2 amide bonds. The van der Waals surface area contributed by atoms with E-state index in [4.69, 9.17) is 0 Å². The molecule has 5 heteroatoms. The minimum Gasteiger partial charge on any atom is -0.339 e. The molecule has 0 aromatic heterocycles. The molecule has 2 aromatic rings. The molecule has 0 spiro atoms. The summed E-state index contributed by atoms with van der Waals surface area (Å²) in [5, 5.41) is 2.56. The van der Waals surface area contributed by atoms with Crippen molar-refractivity contribution < 1.29 is 14.0 Å². The fourth-order valence-corrected chi connectivity index (χ4v) is 4.07. The number of rotatable bonds is 6. The number of piperidine rings is 1. The Balaban J connectivity index is 0.00000154. The summed E-state index contributed by atoms with van der Waals surface area (Å²) in [5.41, 5.74) is 5.33. The number of amides is 2. The molecule has 0 aliphatic carbocycles. The summed E-state index contributed by atoms with van der Waals surface area (Å²) in [4.78, 5) is 26.6. The predicted molar refractivity (Wildman–Crippen MR) is 151 cm³/mol. The van der Waals surface area contributed by atoms with E-state index in [0.717, 1.165) is 29.5 Å². The van der Waals surface area contributed by atoms with Gasteiger partial charge in [0.2, 0.25) is 0 Å². The quantitative estimate of drug-likeness (QED) is 0.414. The number of hydrogen-bond donors (Lipinski definition) is 1. The second-order valence-electron chi connectivity index (χ2n) is 8.27. The largest absolute Gasteiger partial charge is 0.339 e. The van der Waals surface area contributed by atoms with Crippen LogP contribution in [0.25, 0.3) is 5.57 Å². The normalized spacial score (nSPS) is 14.4. The molecule has 0 radical (unpaired) electrons. The minimum absolute atomic E-state index is 0.0636. The third kappa shape index (κ3) is 8.18. The van der Waals surface area contributed by atoms with Gasteiger partial charge in [-0.15, -0.1) is 0 Å². The summed E-state index contributed by atoms with van der Waals surface area (Å²) in [6.07, 6.45) is 4.10. The lowest BCUT2D eigenvalue weighted by Crippen LogP contribution is -2.38. The molecule has 1 atom stereocenters. The number of alkyl halides is 1. The van der Waals surface area contributed by atoms with Crippen LogP contribution in [0.2, 0.25) is 0 Å². The highest BCUT2D eigenvalue weighted by molar-refractivity contribution is 5.98. The van der Waals surface area contributed by atoms with Crippen molar-refractivity contribution in [2.24, 2.45) is 0 Å². The highest BCUT2D eigenvalue weighted by atomic mass is 19.1. The number of allylic oxidation sites excluding steroid dienone is 3. The third-order valence-electron chi connectivity index (χ3n) is 6.13. The lowest BCUT2D eigenvalue weighted by Gasteiger charge is -2.32. The van der Waals surface area contributed by atoms with Gasteiger partial charge in [-0.1, -0.05) is 76.8 Å². The summed E-state index contributed by atoms with van der Waals surface area (Å²) in [6, 6.07) is 13.8. The minimum atomic E-state index is -1.61.